The van der Waals surface area contributed by atoms with Crippen molar-refractivity contribution in [2.45, 2.75) is 5.92 Å². The van der Waals surface area contributed by atoms with E-state index in [9.17, 15) is 4.79 Å². The molecule has 4 aromatic rings. The number of fused-ring (bicyclic) bond motifs is 1. The van der Waals surface area contributed by atoms with Crippen LogP contribution in [0.15, 0.2) is 79.0 Å². The number of Topliss-reactive ketones (excluding diaryl/α,β-unsaturated/α-hetero) is 1. The van der Waals surface area contributed by atoms with Crippen LogP contribution in [0, 0.1) is 0 Å². The van der Waals surface area contributed by atoms with Crippen LogP contribution in [0.1, 0.15) is 27.4 Å². The first-order valence-electron chi connectivity index (χ1n) is 8.64. The summed E-state index contributed by atoms with van der Waals surface area (Å²) in [6.45, 7) is 0. The van der Waals surface area contributed by atoms with Crippen molar-refractivity contribution in [2.75, 3.05) is 0 Å². The molecule has 0 aliphatic rings. The second-order valence-electron chi connectivity index (χ2n) is 6.57. The summed E-state index contributed by atoms with van der Waals surface area (Å²) in [5, 5.41) is 2.33. The van der Waals surface area contributed by atoms with Crippen molar-refractivity contribution in [3.05, 3.63) is 106 Å². The first-order valence-corrected chi connectivity index (χ1v) is 9.39. The summed E-state index contributed by atoms with van der Waals surface area (Å²) < 4.78 is 2.06. The smallest absolute Gasteiger partial charge is 0.174 e. The predicted octanol–water partition coefficient (Wildman–Crippen LogP) is 6.50. The lowest BCUT2D eigenvalue weighted by molar-refractivity contribution is 0.0974. The normalized spacial score (nSPS) is 12.3. The van der Waals surface area contributed by atoms with Crippen molar-refractivity contribution in [3.63, 3.8) is 0 Å². The van der Waals surface area contributed by atoms with E-state index in [-0.39, 0.29) is 5.78 Å². The molecule has 2 nitrogen and oxygen atoms in total. The summed E-state index contributed by atoms with van der Waals surface area (Å²) in [5.41, 5.74) is 3.62. The third kappa shape index (κ3) is 3.39. The molecule has 0 aliphatic carbocycles. The third-order valence-corrected chi connectivity index (χ3v) is 5.34. The number of aromatic nitrogens is 1. The molecule has 0 saturated carbocycles. The lowest BCUT2D eigenvalue weighted by Gasteiger charge is -2.17. The second-order valence-corrected chi connectivity index (χ2v) is 7.44. The third-order valence-electron chi connectivity index (χ3n) is 4.83. The Morgan fingerprint density at radius 2 is 1.44 bits per heavy atom. The van der Waals surface area contributed by atoms with Crippen molar-refractivity contribution < 1.29 is 4.79 Å². The number of carbonyl (C=O) groups excluding carboxylic acids is 1. The number of carbonyl (C=O) groups is 1. The van der Waals surface area contributed by atoms with Crippen LogP contribution >= 0.6 is 23.2 Å². The van der Waals surface area contributed by atoms with Crippen LogP contribution in [0.5, 0.6) is 0 Å². The van der Waals surface area contributed by atoms with Gasteiger partial charge in [0.05, 0.1) is 5.92 Å². The van der Waals surface area contributed by atoms with Crippen molar-refractivity contribution in [2.24, 2.45) is 7.05 Å². The van der Waals surface area contributed by atoms with E-state index in [1.807, 2.05) is 49.6 Å². The van der Waals surface area contributed by atoms with Crippen LogP contribution in [0.25, 0.3) is 10.9 Å². The fourth-order valence-corrected chi connectivity index (χ4v) is 3.76. The Balaban J connectivity index is 1.91. The van der Waals surface area contributed by atoms with Gasteiger partial charge in [0.1, 0.15) is 0 Å². The summed E-state index contributed by atoms with van der Waals surface area (Å²) in [7, 11) is 2.00. The van der Waals surface area contributed by atoms with Crippen LogP contribution in [0.3, 0.4) is 0 Å². The van der Waals surface area contributed by atoms with E-state index >= 15 is 0 Å². The van der Waals surface area contributed by atoms with Gasteiger partial charge in [0, 0.05) is 39.8 Å². The zero-order valence-corrected chi connectivity index (χ0v) is 16.2. The fourth-order valence-electron chi connectivity index (χ4n) is 3.51. The van der Waals surface area contributed by atoms with Crippen molar-refractivity contribution in [1.29, 1.82) is 0 Å². The Kier molecular flexibility index (Phi) is 4.77. The summed E-state index contributed by atoms with van der Waals surface area (Å²) in [5.74, 6) is -0.389. The van der Waals surface area contributed by atoms with Gasteiger partial charge in [-0.05, 0) is 53.6 Å². The monoisotopic (exact) mass is 393 g/mol. The number of aryl methyl sites for hydroxylation is 1. The predicted molar refractivity (Wildman–Crippen MR) is 112 cm³/mol. The van der Waals surface area contributed by atoms with E-state index in [0.29, 0.717) is 15.6 Å². The van der Waals surface area contributed by atoms with Gasteiger partial charge in [0.2, 0.25) is 0 Å². The zero-order chi connectivity index (χ0) is 19.0. The average Bonchev–Trinajstić information content (AvgIpc) is 3.01. The number of nitrogens with zero attached hydrogens (tertiary/aromatic N) is 1. The van der Waals surface area contributed by atoms with E-state index in [4.69, 9.17) is 23.2 Å². The number of benzene rings is 3. The van der Waals surface area contributed by atoms with Crippen LogP contribution in [-0.2, 0) is 7.05 Å². The lowest BCUT2D eigenvalue weighted by Crippen LogP contribution is -2.14. The molecule has 0 amide bonds. The summed E-state index contributed by atoms with van der Waals surface area (Å²) >= 11 is 12.1. The van der Waals surface area contributed by atoms with E-state index in [1.165, 1.54) is 0 Å². The van der Waals surface area contributed by atoms with E-state index in [1.54, 1.807) is 24.3 Å². The van der Waals surface area contributed by atoms with E-state index < -0.39 is 5.92 Å². The molecule has 1 aromatic heterocycles. The number of halogens is 2. The summed E-state index contributed by atoms with van der Waals surface area (Å²) in [6, 6.07) is 22.7. The molecule has 134 valence electrons. The summed E-state index contributed by atoms with van der Waals surface area (Å²) in [6.07, 6.45) is 2.04. The molecule has 4 rings (SSSR count). The first-order chi connectivity index (χ1) is 13.0. The zero-order valence-electron chi connectivity index (χ0n) is 14.7. The highest BCUT2D eigenvalue weighted by atomic mass is 35.5. The Hall–Kier alpha value is -2.55. The minimum Gasteiger partial charge on any atom is -0.350 e. The molecule has 0 radical (unpaired) electrons. The van der Waals surface area contributed by atoms with Gasteiger partial charge in [0.25, 0.3) is 0 Å². The van der Waals surface area contributed by atoms with Gasteiger partial charge < -0.3 is 4.57 Å². The fraction of sp³-hybridized carbons (Fsp3) is 0.0870. The Bertz CT molecular complexity index is 1110. The van der Waals surface area contributed by atoms with Crippen molar-refractivity contribution in [3.8, 4) is 0 Å². The summed E-state index contributed by atoms with van der Waals surface area (Å²) in [4.78, 5) is 13.5. The van der Waals surface area contributed by atoms with E-state index in [0.717, 1.165) is 22.0 Å². The van der Waals surface area contributed by atoms with Crippen molar-refractivity contribution in [1.82, 2.24) is 4.57 Å². The lowest BCUT2D eigenvalue weighted by atomic mass is 9.84. The quantitative estimate of drug-likeness (QED) is 0.362. The highest BCUT2D eigenvalue weighted by Gasteiger charge is 2.27. The minimum atomic E-state index is -0.422. The minimum absolute atomic E-state index is 0.0327. The molecule has 4 heteroatoms. The van der Waals surface area contributed by atoms with Gasteiger partial charge >= 0.3 is 0 Å². The number of hydrogen-bond acceptors (Lipinski definition) is 1. The van der Waals surface area contributed by atoms with Crippen LogP contribution in [0.4, 0.5) is 0 Å². The van der Waals surface area contributed by atoms with Gasteiger partial charge in [-0.1, -0.05) is 53.5 Å². The van der Waals surface area contributed by atoms with Gasteiger partial charge in [-0.25, -0.2) is 0 Å². The average molecular weight is 394 g/mol. The SMILES string of the molecule is Cn1cc([C@H](C(=O)c2ccc(Cl)cc2)c2ccc(Cl)cc2)c2ccccc21. The molecule has 0 N–H and O–H groups in total. The first kappa shape index (κ1) is 17.8. The topological polar surface area (TPSA) is 22.0 Å². The molecule has 1 atom stereocenters. The van der Waals surface area contributed by atoms with Crippen LogP contribution in [0.2, 0.25) is 10.0 Å². The molecule has 27 heavy (non-hydrogen) atoms. The molecule has 3 aromatic carbocycles. The van der Waals surface area contributed by atoms with E-state index in [2.05, 4.69) is 16.7 Å². The molecule has 0 unspecified atom stereocenters. The van der Waals surface area contributed by atoms with Crippen LogP contribution < -0.4 is 0 Å². The number of hydrogen-bond donors (Lipinski definition) is 0. The molecule has 0 spiro atoms. The Labute approximate surface area is 168 Å². The Morgan fingerprint density at radius 3 is 2.11 bits per heavy atom. The molecule has 0 saturated heterocycles. The Morgan fingerprint density at radius 1 is 0.852 bits per heavy atom. The maximum absolute atomic E-state index is 13.5. The molecular weight excluding hydrogens is 377 g/mol. The van der Waals surface area contributed by atoms with Gasteiger partial charge in [-0.2, -0.15) is 0 Å². The maximum atomic E-state index is 13.5. The highest BCUT2D eigenvalue weighted by molar-refractivity contribution is 6.31. The number of rotatable bonds is 4. The van der Waals surface area contributed by atoms with Gasteiger partial charge in [-0.3, -0.25) is 4.79 Å². The number of ketones is 1. The second kappa shape index (κ2) is 7.22. The molecule has 1 heterocycles. The molecular formula is C23H17Cl2NO. The maximum Gasteiger partial charge on any atom is 0.174 e. The molecule has 0 aliphatic heterocycles. The standard InChI is InChI=1S/C23H17Cl2NO/c1-26-14-20(19-4-2-3-5-21(19)26)22(15-6-10-17(24)11-7-15)23(27)16-8-12-18(25)13-9-16/h2-14,22H,1H3/t22-/m1/s1. The number of para-hydroxylation sites is 1. The molecule has 0 bridgehead atoms. The van der Waals surface area contributed by atoms with Gasteiger partial charge in [0.15, 0.2) is 5.78 Å². The van der Waals surface area contributed by atoms with Crippen LogP contribution in [-0.4, -0.2) is 10.4 Å². The molecule has 0 fully saturated rings. The van der Waals surface area contributed by atoms with Gasteiger partial charge in [-0.15, -0.1) is 0 Å². The van der Waals surface area contributed by atoms with Crippen molar-refractivity contribution >= 4 is 39.9 Å². The highest BCUT2D eigenvalue weighted by Crippen LogP contribution is 2.35. The largest absolute Gasteiger partial charge is 0.350 e.